The van der Waals surface area contributed by atoms with E-state index < -0.39 is 0 Å². The molecule has 0 aliphatic heterocycles. The molecule has 1 saturated carbocycles. The Hall–Kier alpha value is -0.280. The molecule has 0 bridgehead atoms. The van der Waals surface area contributed by atoms with Gasteiger partial charge in [0.05, 0.1) is 12.4 Å². The van der Waals surface area contributed by atoms with Crippen molar-refractivity contribution in [1.29, 1.82) is 0 Å². The Morgan fingerprint density at radius 2 is 2.13 bits per heavy atom. The fourth-order valence-corrected chi connectivity index (χ4v) is 2.91. The molecule has 0 amide bonds. The Morgan fingerprint density at radius 1 is 1.40 bits per heavy atom. The third kappa shape index (κ3) is 2.85. The summed E-state index contributed by atoms with van der Waals surface area (Å²) < 4.78 is 5.80. The molecule has 15 heavy (non-hydrogen) atoms. The van der Waals surface area contributed by atoms with Crippen LogP contribution in [0.5, 0.6) is 0 Å². The molecular formula is C12H17BrO2. The summed E-state index contributed by atoms with van der Waals surface area (Å²) in [4.78, 5) is 0. The van der Waals surface area contributed by atoms with Crippen LogP contribution in [0.3, 0.4) is 0 Å². The van der Waals surface area contributed by atoms with Crippen LogP contribution < -0.4 is 0 Å². The monoisotopic (exact) mass is 272 g/mol. The molecule has 3 heteroatoms. The molecule has 1 aromatic heterocycles. The zero-order valence-electron chi connectivity index (χ0n) is 8.79. The van der Waals surface area contributed by atoms with Crippen LogP contribution >= 0.6 is 15.9 Å². The number of rotatable bonds is 3. The largest absolute Gasteiger partial charge is 0.457 e. The molecule has 84 valence electrons. The van der Waals surface area contributed by atoms with Crippen molar-refractivity contribution in [3.05, 3.63) is 22.6 Å². The lowest BCUT2D eigenvalue weighted by Gasteiger charge is -2.23. The lowest BCUT2D eigenvalue weighted by Crippen LogP contribution is -2.10. The molecule has 1 aromatic rings. The van der Waals surface area contributed by atoms with Gasteiger partial charge in [0, 0.05) is 5.56 Å². The first-order valence-corrected chi connectivity index (χ1v) is 6.47. The second-order valence-corrected chi connectivity index (χ2v) is 5.13. The Balaban J connectivity index is 1.91. The zero-order chi connectivity index (χ0) is 10.7. The average molecular weight is 273 g/mol. The SMILES string of the molecule is OC(CC1CCCCC1)c1ccoc1Br. The third-order valence-electron chi connectivity index (χ3n) is 3.29. The lowest BCUT2D eigenvalue weighted by atomic mass is 9.84. The van der Waals surface area contributed by atoms with Gasteiger partial charge in [-0.3, -0.25) is 0 Å². The van der Waals surface area contributed by atoms with E-state index in [0.717, 1.165) is 12.0 Å². The summed E-state index contributed by atoms with van der Waals surface area (Å²) >= 11 is 3.31. The number of hydrogen-bond acceptors (Lipinski definition) is 2. The highest BCUT2D eigenvalue weighted by molar-refractivity contribution is 9.10. The zero-order valence-corrected chi connectivity index (χ0v) is 10.4. The smallest absolute Gasteiger partial charge is 0.174 e. The molecule has 0 spiro atoms. The Bertz CT molecular complexity index is 302. The number of aliphatic hydroxyl groups excluding tert-OH is 1. The maximum Gasteiger partial charge on any atom is 0.174 e. The van der Waals surface area contributed by atoms with Crippen molar-refractivity contribution in [1.82, 2.24) is 0 Å². The van der Waals surface area contributed by atoms with Crippen molar-refractivity contribution < 1.29 is 9.52 Å². The molecule has 1 unspecified atom stereocenters. The fourth-order valence-electron chi connectivity index (χ4n) is 2.41. The first-order valence-electron chi connectivity index (χ1n) is 5.68. The summed E-state index contributed by atoms with van der Waals surface area (Å²) in [6.07, 6.45) is 8.66. The number of halogens is 1. The van der Waals surface area contributed by atoms with Gasteiger partial charge in [-0.25, -0.2) is 0 Å². The maximum absolute atomic E-state index is 10.1. The molecule has 1 fully saturated rings. The summed E-state index contributed by atoms with van der Waals surface area (Å²) in [5.74, 6) is 0.690. The van der Waals surface area contributed by atoms with E-state index in [4.69, 9.17) is 4.42 Å². The van der Waals surface area contributed by atoms with Gasteiger partial charge in [0.1, 0.15) is 0 Å². The van der Waals surface area contributed by atoms with Gasteiger partial charge >= 0.3 is 0 Å². The Morgan fingerprint density at radius 3 is 2.73 bits per heavy atom. The van der Waals surface area contributed by atoms with Crippen LogP contribution in [0.25, 0.3) is 0 Å². The molecule has 1 N–H and O–H groups in total. The van der Waals surface area contributed by atoms with Crippen LogP contribution in [0, 0.1) is 5.92 Å². The van der Waals surface area contributed by atoms with Crippen molar-refractivity contribution >= 4 is 15.9 Å². The fraction of sp³-hybridized carbons (Fsp3) is 0.667. The van der Waals surface area contributed by atoms with Crippen molar-refractivity contribution in [2.24, 2.45) is 5.92 Å². The van der Waals surface area contributed by atoms with Crippen LogP contribution in [0.1, 0.15) is 50.2 Å². The van der Waals surface area contributed by atoms with E-state index >= 15 is 0 Å². The minimum absolute atomic E-state index is 0.374. The topological polar surface area (TPSA) is 33.4 Å². The van der Waals surface area contributed by atoms with Crippen LogP contribution in [-0.2, 0) is 0 Å². The molecule has 1 aliphatic carbocycles. The van der Waals surface area contributed by atoms with Gasteiger partial charge in [0.2, 0.25) is 0 Å². The van der Waals surface area contributed by atoms with Crippen molar-refractivity contribution in [3.63, 3.8) is 0 Å². The highest BCUT2D eigenvalue weighted by Crippen LogP contribution is 2.34. The maximum atomic E-state index is 10.1. The second-order valence-electron chi connectivity index (χ2n) is 4.41. The second kappa shape index (κ2) is 5.17. The highest BCUT2D eigenvalue weighted by atomic mass is 79.9. The minimum atomic E-state index is -0.374. The summed E-state index contributed by atoms with van der Waals surface area (Å²) in [6, 6.07) is 1.84. The van der Waals surface area contributed by atoms with Gasteiger partial charge in [-0.05, 0) is 34.3 Å². The molecule has 2 rings (SSSR count). The van der Waals surface area contributed by atoms with Gasteiger partial charge in [0.15, 0.2) is 4.67 Å². The van der Waals surface area contributed by atoms with Crippen LogP contribution in [0.4, 0.5) is 0 Å². The molecule has 0 radical (unpaired) electrons. The molecule has 2 nitrogen and oxygen atoms in total. The summed E-state index contributed by atoms with van der Waals surface area (Å²) in [6.45, 7) is 0. The van der Waals surface area contributed by atoms with Gasteiger partial charge in [-0.2, -0.15) is 0 Å². The summed E-state index contributed by atoms with van der Waals surface area (Å²) in [5.41, 5.74) is 0.889. The van der Waals surface area contributed by atoms with Crippen LogP contribution in [0.15, 0.2) is 21.4 Å². The number of aliphatic hydroxyl groups is 1. The highest BCUT2D eigenvalue weighted by Gasteiger charge is 2.20. The van der Waals surface area contributed by atoms with Crippen LogP contribution in [-0.4, -0.2) is 5.11 Å². The summed E-state index contributed by atoms with van der Waals surface area (Å²) in [5, 5.41) is 10.1. The first kappa shape index (κ1) is 11.2. The van der Waals surface area contributed by atoms with Gasteiger partial charge in [-0.15, -0.1) is 0 Å². The first-order chi connectivity index (χ1) is 7.27. The van der Waals surface area contributed by atoms with E-state index in [1.165, 1.54) is 32.1 Å². The van der Waals surface area contributed by atoms with Gasteiger partial charge in [0.25, 0.3) is 0 Å². The molecule has 0 aromatic carbocycles. The predicted octanol–water partition coefficient (Wildman–Crippen LogP) is 4.05. The molecule has 0 saturated heterocycles. The third-order valence-corrected chi connectivity index (χ3v) is 3.93. The van der Waals surface area contributed by atoms with E-state index in [9.17, 15) is 5.11 Å². The minimum Gasteiger partial charge on any atom is -0.457 e. The molecule has 1 atom stereocenters. The van der Waals surface area contributed by atoms with Crippen molar-refractivity contribution in [2.75, 3.05) is 0 Å². The lowest BCUT2D eigenvalue weighted by molar-refractivity contribution is 0.130. The molecule has 1 heterocycles. The van der Waals surface area contributed by atoms with E-state index in [2.05, 4.69) is 15.9 Å². The van der Waals surface area contributed by atoms with Crippen LogP contribution in [0.2, 0.25) is 0 Å². The predicted molar refractivity (Wildman–Crippen MR) is 62.6 cm³/mol. The van der Waals surface area contributed by atoms with E-state index in [1.807, 2.05) is 6.07 Å². The van der Waals surface area contributed by atoms with Crippen molar-refractivity contribution in [2.45, 2.75) is 44.6 Å². The summed E-state index contributed by atoms with van der Waals surface area (Å²) in [7, 11) is 0. The number of furan rings is 1. The molecular weight excluding hydrogens is 256 g/mol. The van der Waals surface area contributed by atoms with Gasteiger partial charge < -0.3 is 9.52 Å². The normalized spacial score (nSPS) is 20.4. The van der Waals surface area contributed by atoms with Crippen molar-refractivity contribution in [3.8, 4) is 0 Å². The van der Waals surface area contributed by atoms with E-state index in [1.54, 1.807) is 6.26 Å². The average Bonchev–Trinajstić information content (AvgIpc) is 2.66. The molecule has 1 aliphatic rings. The quantitative estimate of drug-likeness (QED) is 0.901. The Labute approximate surface area is 98.8 Å². The number of hydrogen-bond donors (Lipinski definition) is 1. The standard InChI is InChI=1S/C12H17BrO2/c13-12-10(6-7-15-12)11(14)8-9-4-2-1-3-5-9/h6-7,9,11,14H,1-5,8H2. The van der Waals surface area contributed by atoms with E-state index in [-0.39, 0.29) is 6.10 Å². The van der Waals surface area contributed by atoms with E-state index in [0.29, 0.717) is 10.6 Å². The Kier molecular flexibility index (Phi) is 3.87. The van der Waals surface area contributed by atoms with Gasteiger partial charge in [-0.1, -0.05) is 32.1 Å².